The van der Waals surface area contributed by atoms with Crippen LogP contribution in [0.2, 0.25) is 0 Å². The topological polar surface area (TPSA) is 93.1 Å². The molecule has 7 nitrogen and oxygen atoms in total. The number of aliphatic hydroxyl groups is 1. The number of amides is 2. The van der Waals surface area contributed by atoms with Gasteiger partial charge in [-0.25, -0.2) is 0 Å². The van der Waals surface area contributed by atoms with Crippen molar-refractivity contribution in [1.29, 1.82) is 0 Å². The predicted octanol–water partition coefficient (Wildman–Crippen LogP) is 0.214. The highest BCUT2D eigenvalue weighted by molar-refractivity contribution is 7.80. The Balaban J connectivity index is 1.50. The van der Waals surface area contributed by atoms with Gasteiger partial charge in [-0.15, -0.1) is 0 Å². The zero-order valence-corrected chi connectivity index (χ0v) is 14.6. The van der Waals surface area contributed by atoms with Crippen LogP contribution >= 0.6 is 12.6 Å². The Bertz CT molecular complexity index is 735. The van der Waals surface area contributed by atoms with E-state index in [0.717, 1.165) is 21.8 Å². The third-order valence-electron chi connectivity index (χ3n) is 5.25. The first-order valence-electron chi connectivity index (χ1n) is 8.40. The monoisotopic (exact) mass is 363 g/mol. The summed E-state index contributed by atoms with van der Waals surface area (Å²) in [5.74, 6) is -0.474. The molecule has 0 spiro atoms. The fraction of sp³-hybridized carbons (Fsp3) is 0.529. The Morgan fingerprint density at radius 2 is 2.08 bits per heavy atom. The van der Waals surface area contributed by atoms with E-state index in [1.807, 2.05) is 23.1 Å². The molecule has 8 heteroatoms. The third-order valence-corrected chi connectivity index (χ3v) is 5.82. The Morgan fingerprint density at radius 3 is 2.76 bits per heavy atom. The van der Waals surface area contributed by atoms with E-state index < -0.39 is 5.60 Å². The van der Waals surface area contributed by atoms with Crippen molar-refractivity contribution in [3.05, 3.63) is 34.9 Å². The fourth-order valence-corrected chi connectivity index (χ4v) is 4.52. The number of nitrogens with one attached hydrogen (secondary N) is 1. The number of benzene rings is 1. The average Bonchev–Trinajstić information content (AvgIpc) is 2.82. The van der Waals surface area contributed by atoms with E-state index in [-0.39, 0.29) is 36.3 Å². The lowest BCUT2D eigenvalue weighted by Crippen LogP contribution is -2.61. The lowest BCUT2D eigenvalue weighted by Gasteiger charge is -2.42. The smallest absolute Gasteiger partial charge is 0.243 e. The molecule has 0 radical (unpaired) electrons. The molecule has 1 aromatic carbocycles. The molecular weight excluding hydrogens is 342 g/mol. The summed E-state index contributed by atoms with van der Waals surface area (Å²) in [4.78, 5) is 25.5. The largest absolute Gasteiger partial charge is 0.387 e. The number of thiol groups is 1. The molecular formula is C17H21N3O4S. The van der Waals surface area contributed by atoms with E-state index in [1.54, 1.807) is 0 Å². The van der Waals surface area contributed by atoms with Gasteiger partial charge in [0.2, 0.25) is 11.8 Å². The second-order valence-corrected chi connectivity index (χ2v) is 7.76. The van der Waals surface area contributed by atoms with E-state index in [0.29, 0.717) is 25.8 Å². The SMILES string of the molecule is O=C1CCC(N2Cc3cc(CC4(O)CN(O)C4)ccc3[C@@H]2S)C(=O)N1. The maximum atomic E-state index is 12.2. The molecule has 3 aliphatic heterocycles. The molecule has 2 saturated heterocycles. The van der Waals surface area contributed by atoms with E-state index in [1.165, 1.54) is 0 Å². The van der Waals surface area contributed by atoms with Crippen molar-refractivity contribution in [2.75, 3.05) is 13.1 Å². The summed E-state index contributed by atoms with van der Waals surface area (Å²) in [7, 11) is 0. The van der Waals surface area contributed by atoms with Gasteiger partial charge in [-0.1, -0.05) is 18.2 Å². The summed E-state index contributed by atoms with van der Waals surface area (Å²) < 4.78 is 0. The highest BCUT2D eigenvalue weighted by Crippen LogP contribution is 2.40. The van der Waals surface area contributed by atoms with Gasteiger partial charge in [0.05, 0.1) is 30.1 Å². The average molecular weight is 363 g/mol. The summed E-state index contributed by atoms with van der Waals surface area (Å²) >= 11 is 4.67. The first-order chi connectivity index (χ1) is 11.8. The zero-order chi connectivity index (χ0) is 17.8. The number of piperidine rings is 1. The molecule has 3 heterocycles. The molecule has 3 aliphatic rings. The Hall–Kier alpha value is -1.45. The fourth-order valence-electron chi connectivity index (χ4n) is 4.02. The molecule has 134 valence electrons. The van der Waals surface area contributed by atoms with Gasteiger partial charge in [0.1, 0.15) is 0 Å². The third kappa shape index (κ3) is 3.09. The molecule has 4 rings (SSSR count). The van der Waals surface area contributed by atoms with E-state index >= 15 is 0 Å². The van der Waals surface area contributed by atoms with Crippen LogP contribution in [0.15, 0.2) is 18.2 Å². The van der Waals surface area contributed by atoms with E-state index in [4.69, 9.17) is 0 Å². The predicted molar refractivity (Wildman–Crippen MR) is 91.9 cm³/mol. The van der Waals surface area contributed by atoms with Gasteiger partial charge in [-0.05, 0) is 23.1 Å². The first-order valence-corrected chi connectivity index (χ1v) is 8.92. The van der Waals surface area contributed by atoms with Crippen LogP contribution in [-0.2, 0) is 22.6 Å². The number of hydrogen-bond acceptors (Lipinski definition) is 7. The quantitative estimate of drug-likeness (QED) is 0.453. The Kier molecular flexibility index (Phi) is 4.12. The number of carbonyl (C=O) groups excluding carboxylic acids is 2. The van der Waals surface area contributed by atoms with E-state index in [9.17, 15) is 19.9 Å². The van der Waals surface area contributed by atoms with Crippen molar-refractivity contribution in [2.24, 2.45) is 0 Å². The number of rotatable bonds is 3. The Labute approximate surface area is 151 Å². The molecule has 2 amide bonds. The van der Waals surface area contributed by atoms with Gasteiger partial charge in [-0.3, -0.25) is 19.8 Å². The number of fused-ring (bicyclic) bond motifs is 1. The first kappa shape index (κ1) is 17.0. The second-order valence-electron chi connectivity index (χ2n) is 7.27. The van der Waals surface area contributed by atoms with Crippen molar-refractivity contribution in [1.82, 2.24) is 15.3 Å². The summed E-state index contributed by atoms with van der Waals surface area (Å²) in [6.45, 7) is 1.09. The van der Waals surface area contributed by atoms with Gasteiger partial charge in [0.25, 0.3) is 0 Å². The van der Waals surface area contributed by atoms with Crippen LogP contribution in [0.1, 0.15) is 34.9 Å². The van der Waals surface area contributed by atoms with Crippen molar-refractivity contribution < 1.29 is 19.9 Å². The molecule has 25 heavy (non-hydrogen) atoms. The maximum Gasteiger partial charge on any atom is 0.243 e. The number of imide groups is 1. The van der Waals surface area contributed by atoms with Gasteiger partial charge < -0.3 is 10.3 Å². The highest BCUT2D eigenvalue weighted by Gasteiger charge is 2.42. The molecule has 1 unspecified atom stereocenters. The molecule has 2 fully saturated rings. The Morgan fingerprint density at radius 1 is 1.32 bits per heavy atom. The minimum atomic E-state index is -0.884. The van der Waals surface area contributed by atoms with Crippen LogP contribution in [0.4, 0.5) is 0 Å². The number of hydroxylamine groups is 2. The van der Waals surface area contributed by atoms with Crippen molar-refractivity contribution >= 4 is 24.4 Å². The molecule has 1 aromatic rings. The summed E-state index contributed by atoms with van der Waals surface area (Å²) in [5.41, 5.74) is 2.26. The summed E-state index contributed by atoms with van der Waals surface area (Å²) in [6.07, 6.45) is 1.33. The molecule has 0 aromatic heterocycles. The van der Waals surface area contributed by atoms with Gasteiger partial charge >= 0.3 is 0 Å². The number of hydrogen-bond donors (Lipinski definition) is 4. The number of carbonyl (C=O) groups is 2. The van der Waals surface area contributed by atoms with Crippen LogP contribution in [0, 0.1) is 0 Å². The van der Waals surface area contributed by atoms with Crippen LogP contribution in [0.25, 0.3) is 0 Å². The van der Waals surface area contributed by atoms with Crippen LogP contribution in [0.5, 0.6) is 0 Å². The van der Waals surface area contributed by atoms with Crippen LogP contribution in [-0.4, -0.2) is 56.8 Å². The summed E-state index contributed by atoms with van der Waals surface area (Å²) in [5, 5.41) is 22.9. The van der Waals surface area contributed by atoms with Crippen molar-refractivity contribution in [3.8, 4) is 0 Å². The molecule has 3 N–H and O–H groups in total. The minimum Gasteiger partial charge on any atom is -0.387 e. The highest BCUT2D eigenvalue weighted by atomic mass is 32.1. The van der Waals surface area contributed by atoms with Crippen LogP contribution < -0.4 is 5.32 Å². The van der Waals surface area contributed by atoms with Gasteiger partial charge in [0.15, 0.2) is 0 Å². The maximum absolute atomic E-state index is 12.2. The lowest BCUT2D eigenvalue weighted by molar-refractivity contribution is -0.238. The standard InChI is InChI=1S/C17H21N3O4S/c21-14-4-3-13(15(22)18-14)20-7-11-5-10(1-2-12(11)16(20)25)6-17(23)8-19(24)9-17/h1-2,5,13,16,23-25H,3-4,6-9H2,(H,18,21,22)/t13?,16-/m0/s1. The summed E-state index contributed by atoms with van der Waals surface area (Å²) in [6, 6.07) is 5.65. The number of nitrogens with zero attached hydrogens (tertiary/aromatic N) is 2. The molecule has 0 saturated carbocycles. The van der Waals surface area contributed by atoms with Crippen LogP contribution in [0.3, 0.4) is 0 Å². The van der Waals surface area contributed by atoms with Crippen molar-refractivity contribution in [2.45, 2.75) is 42.8 Å². The van der Waals surface area contributed by atoms with Crippen molar-refractivity contribution in [3.63, 3.8) is 0 Å². The minimum absolute atomic E-state index is 0.187. The molecule has 0 aliphatic carbocycles. The second kappa shape index (κ2) is 6.07. The van der Waals surface area contributed by atoms with E-state index in [2.05, 4.69) is 17.9 Å². The van der Waals surface area contributed by atoms with Gasteiger partial charge in [-0.2, -0.15) is 17.7 Å². The normalized spacial score (nSPS) is 29.2. The lowest BCUT2D eigenvalue weighted by atomic mass is 9.88. The van der Waals surface area contributed by atoms with Gasteiger partial charge in [0, 0.05) is 19.4 Å². The zero-order valence-electron chi connectivity index (χ0n) is 13.7. The molecule has 2 atom stereocenters. The number of β-amino-alcohol motifs (C(OH)–C–C–N with tert-alkyl or cyclic N) is 1. The molecule has 0 bridgehead atoms.